The van der Waals surface area contributed by atoms with Crippen molar-refractivity contribution in [1.82, 2.24) is 0 Å². The molecule has 0 aromatic heterocycles. The number of benzene rings is 1. The van der Waals surface area contributed by atoms with Gasteiger partial charge >= 0.3 is 0 Å². The molecule has 6 bridgehead atoms. The van der Waals surface area contributed by atoms with Gasteiger partial charge in [0.1, 0.15) is 0 Å². The minimum absolute atomic E-state index is 0.861. The quantitative estimate of drug-likeness (QED) is 0.500. The maximum atomic E-state index is 2.39. The van der Waals surface area contributed by atoms with E-state index in [1.807, 2.05) is 0 Å². The Morgan fingerprint density at radius 2 is 1.70 bits per heavy atom. The molecule has 0 aliphatic heterocycles. The van der Waals surface area contributed by atoms with Crippen molar-refractivity contribution >= 4 is 6.08 Å². The third-order valence-electron chi connectivity index (χ3n) is 3.10. The zero-order chi connectivity index (χ0) is 6.29. The van der Waals surface area contributed by atoms with Crippen LogP contribution in [0.3, 0.4) is 0 Å². The monoisotopic (exact) mass is 126 g/mol. The predicted octanol–water partition coefficient (Wildman–Crippen LogP) is 2.28. The van der Waals surface area contributed by atoms with E-state index in [-0.39, 0.29) is 0 Å². The molecule has 0 radical (unpaired) electrons. The third-order valence-corrected chi connectivity index (χ3v) is 3.10. The number of allylic oxidation sites excluding steroid dienone is 1. The highest BCUT2D eigenvalue weighted by Gasteiger charge is 2.57. The van der Waals surface area contributed by atoms with E-state index in [4.69, 9.17) is 0 Å². The molecular weight excluding hydrogens is 120 g/mol. The Balaban J connectivity index is 2.36. The first kappa shape index (κ1) is 3.97. The first-order chi connectivity index (χ1) is 4.97. The molecule has 1 fully saturated rings. The first-order valence-corrected chi connectivity index (χ1v) is 3.81. The molecule has 4 aliphatic carbocycles. The normalized spacial score (nSPS) is 34.6. The molecule has 0 N–H and O–H groups in total. The Labute approximate surface area is 59.2 Å². The van der Waals surface area contributed by atoms with Crippen LogP contribution in [-0.2, 0) is 0 Å². The van der Waals surface area contributed by atoms with Crippen molar-refractivity contribution in [1.29, 1.82) is 0 Å². The van der Waals surface area contributed by atoms with Crippen molar-refractivity contribution < 1.29 is 0 Å². The van der Waals surface area contributed by atoms with E-state index in [0.29, 0.717) is 0 Å². The highest BCUT2D eigenvalue weighted by Crippen LogP contribution is 2.72. The van der Waals surface area contributed by atoms with E-state index < -0.39 is 0 Å². The van der Waals surface area contributed by atoms with Gasteiger partial charge in [-0.3, -0.25) is 0 Å². The average Bonchev–Trinajstić information content (AvgIpc) is 2.32. The van der Waals surface area contributed by atoms with Gasteiger partial charge in [-0.1, -0.05) is 29.8 Å². The Morgan fingerprint density at radius 1 is 1.00 bits per heavy atom. The summed E-state index contributed by atoms with van der Waals surface area (Å²) in [4.78, 5) is 0. The zero-order valence-electron chi connectivity index (χ0n) is 5.46. The second-order valence-electron chi connectivity index (χ2n) is 3.45. The van der Waals surface area contributed by atoms with Gasteiger partial charge in [-0.25, -0.2) is 0 Å². The summed E-state index contributed by atoms with van der Waals surface area (Å²) in [5.41, 5.74) is 6.48. The van der Waals surface area contributed by atoms with Crippen LogP contribution in [0.15, 0.2) is 23.8 Å². The molecule has 46 valence electrons. The lowest BCUT2D eigenvalue weighted by molar-refractivity contribution is 1.11. The predicted molar refractivity (Wildman–Crippen MR) is 39.9 cm³/mol. The molecule has 1 aromatic carbocycles. The minimum atomic E-state index is 0.861. The molecule has 0 nitrogen and oxygen atoms in total. The molecule has 0 spiro atoms. The van der Waals surface area contributed by atoms with Gasteiger partial charge in [0.05, 0.1) is 0 Å². The third kappa shape index (κ3) is 0.202. The van der Waals surface area contributed by atoms with E-state index in [2.05, 4.69) is 24.3 Å². The van der Waals surface area contributed by atoms with Crippen LogP contribution in [0.25, 0.3) is 6.08 Å². The molecule has 0 heteroatoms. The number of hydrogen-bond acceptors (Lipinski definition) is 0. The minimum Gasteiger partial charge on any atom is -0.0616 e. The fraction of sp³-hybridized carbons (Fsp3) is 0.200. The van der Waals surface area contributed by atoms with E-state index in [9.17, 15) is 0 Å². The van der Waals surface area contributed by atoms with E-state index in [1.54, 1.807) is 22.3 Å². The Hall–Kier alpha value is -1.04. The standard InChI is InChI=1S/C10H6/c1-2-5-7-4-8-9(5)10(8)6(7)3-1/h1-4,9-10H. The van der Waals surface area contributed by atoms with Gasteiger partial charge in [0.15, 0.2) is 0 Å². The highest BCUT2D eigenvalue weighted by atomic mass is 14.6. The fourth-order valence-electron chi connectivity index (χ4n) is 2.66. The number of hydrogen-bond donors (Lipinski definition) is 0. The molecule has 0 amide bonds. The van der Waals surface area contributed by atoms with Crippen LogP contribution in [-0.4, -0.2) is 0 Å². The zero-order valence-corrected chi connectivity index (χ0v) is 5.46. The summed E-state index contributed by atoms with van der Waals surface area (Å²) < 4.78 is 0. The van der Waals surface area contributed by atoms with Gasteiger partial charge in [0.25, 0.3) is 0 Å². The summed E-state index contributed by atoms with van der Waals surface area (Å²) in [5, 5.41) is 0. The largest absolute Gasteiger partial charge is 0.0616 e. The molecule has 0 saturated heterocycles. The average molecular weight is 126 g/mol. The van der Waals surface area contributed by atoms with Crippen molar-refractivity contribution in [2.45, 2.75) is 11.8 Å². The lowest BCUT2D eigenvalue weighted by Gasteiger charge is -1.94. The molecular formula is C10H6. The molecule has 10 heavy (non-hydrogen) atoms. The first-order valence-electron chi connectivity index (χ1n) is 3.81. The summed E-state index contributed by atoms with van der Waals surface area (Å²) in [5.74, 6) is 1.72. The lowest BCUT2D eigenvalue weighted by Crippen LogP contribution is -1.76. The van der Waals surface area contributed by atoms with Crippen LogP contribution in [0.2, 0.25) is 0 Å². The second kappa shape index (κ2) is 0.878. The maximum Gasteiger partial charge on any atom is 0.0171 e. The van der Waals surface area contributed by atoms with E-state index >= 15 is 0 Å². The molecule has 1 saturated carbocycles. The molecule has 5 rings (SSSR count). The van der Waals surface area contributed by atoms with Crippen molar-refractivity contribution in [3.8, 4) is 0 Å². The maximum absolute atomic E-state index is 2.39. The van der Waals surface area contributed by atoms with Crippen molar-refractivity contribution in [2.24, 2.45) is 0 Å². The van der Waals surface area contributed by atoms with Gasteiger partial charge in [-0.15, -0.1) is 0 Å². The molecule has 0 heterocycles. The highest BCUT2D eigenvalue weighted by molar-refractivity contribution is 5.87. The van der Waals surface area contributed by atoms with Crippen LogP contribution in [0.5, 0.6) is 0 Å². The second-order valence-corrected chi connectivity index (χ2v) is 3.45. The molecule has 1 aromatic rings. The van der Waals surface area contributed by atoms with Crippen LogP contribution in [0, 0.1) is 0 Å². The van der Waals surface area contributed by atoms with E-state index in [0.717, 1.165) is 11.8 Å². The fourth-order valence-corrected chi connectivity index (χ4v) is 2.66. The van der Waals surface area contributed by atoms with Gasteiger partial charge in [-0.05, 0) is 16.7 Å². The van der Waals surface area contributed by atoms with E-state index in [1.165, 1.54) is 0 Å². The molecule has 4 aliphatic rings. The van der Waals surface area contributed by atoms with Gasteiger partial charge in [0.2, 0.25) is 0 Å². The Bertz CT molecular complexity index is 355. The van der Waals surface area contributed by atoms with Gasteiger partial charge in [-0.2, -0.15) is 0 Å². The summed E-state index contributed by atoms with van der Waals surface area (Å²) in [7, 11) is 0. The molecule has 2 atom stereocenters. The molecule has 2 unspecified atom stereocenters. The summed E-state index contributed by atoms with van der Waals surface area (Å²) in [6.07, 6.45) is 2.39. The van der Waals surface area contributed by atoms with Crippen LogP contribution in [0.4, 0.5) is 0 Å². The number of rotatable bonds is 0. The van der Waals surface area contributed by atoms with Gasteiger partial charge in [0, 0.05) is 11.8 Å². The summed E-state index contributed by atoms with van der Waals surface area (Å²) in [6.45, 7) is 0. The summed E-state index contributed by atoms with van der Waals surface area (Å²) in [6, 6.07) is 6.75. The van der Waals surface area contributed by atoms with Crippen LogP contribution >= 0.6 is 0 Å². The van der Waals surface area contributed by atoms with Crippen molar-refractivity contribution in [3.05, 3.63) is 40.5 Å². The SMILES string of the molecule is C1=C2C3c4cccc(c41)C23. The topological polar surface area (TPSA) is 0 Å². The Kier molecular flexibility index (Phi) is 0.348. The van der Waals surface area contributed by atoms with Crippen LogP contribution < -0.4 is 0 Å². The smallest absolute Gasteiger partial charge is 0.0171 e. The van der Waals surface area contributed by atoms with Gasteiger partial charge < -0.3 is 0 Å². The van der Waals surface area contributed by atoms with Crippen molar-refractivity contribution in [3.63, 3.8) is 0 Å². The van der Waals surface area contributed by atoms with Crippen molar-refractivity contribution in [2.75, 3.05) is 0 Å². The summed E-state index contributed by atoms with van der Waals surface area (Å²) >= 11 is 0. The Morgan fingerprint density at radius 3 is 2.20 bits per heavy atom. The lowest BCUT2D eigenvalue weighted by atomic mass is 10.1. The van der Waals surface area contributed by atoms with Crippen LogP contribution in [0.1, 0.15) is 28.5 Å².